The van der Waals surface area contributed by atoms with Crippen molar-refractivity contribution in [2.24, 2.45) is 0 Å². The highest BCUT2D eigenvalue weighted by Gasteiger charge is 2.23. The molecule has 0 saturated heterocycles. The van der Waals surface area contributed by atoms with Gasteiger partial charge < -0.3 is 0 Å². The first-order valence-electron chi connectivity index (χ1n) is 17.2. The molecular weight excluding hydrogens is 607 g/mol. The second-order valence-corrected chi connectivity index (χ2v) is 13.2. The molecule has 234 valence electrons. The minimum atomic E-state index is 0.658. The van der Waals surface area contributed by atoms with Gasteiger partial charge in [-0.3, -0.25) is 0 Å². The minimum absolute atomic E-state index is 0.658. The standard InChI is InChI=1S/C47H31N3/c1-2-10-32(11-3-1)45-48-46(33-24-20-30(21-25-33)39-18-8-14-37-28-35-12-4-6-16-41(35)43(37)39)50-47(49-45)34-26-22-31(23-27-34)40-19-9-15-38-29-36-13-5-7-17-42(36)44(38)40/h1-27H,28-29H2. The number of benzene rings is 7. The van der Waals surface area contributed by atoms with Crippen LogP contribution in [0.1, 0.15) is 22.3 Å². The summed E-state index contributed by atoms with van der Waals surface area (Å²) < 4.78 is 0. The molecule has 0 unspecified atom stereocenters. The highest BCUT2D eigenvalue weighted by Crippen LogP contribution is 2.44. The number of aromatic nitrogens is 3. The van der Waals surface area contributed by atoms with Crippen molar-refractivity contribution in [1.82, 2.24) is 15.0 Å². The Morgan fingerprint density at radius 2 is 0.600 bits per heavy atom. The van der Waals surface area contributed by atoms with Crippen LogP contribution in [0.5, 0.6) is 0 Å². The summed E-state index contributed by atoms with van der Waals surface area (Å²) in [6, 6.07) is 58.3. The molecule has 1 heterocycles. The van der Waals surface area contributed by atoms with E-state index in [9.17, 15) is 0 Å². The first-order chi connectivity index (χ1) is 24.8. The number of fused-ring (bicyclic) bond motifs is 6. The third-order valence-corrected chi connectivity index (χ3v) is 10.2. The molecule has 2 aliphatic carbocycles. The van der Waals surface area contributed by atoms with Crippen LogP contribution in [0.4, 0.5) is 0 Å². The van der Waals surface area contributed by atoms with Crippen molar-refractivity contribution in [2.75, 3.05) is 0 Å². The summed E-state index contributed by atoms with van der Waals surface area (Å²) in [6.07, 6.45) is 1.96. The third kappa shape index (κ3) is 4.78. The molecule has 0 bridgehead atoms. The van der Waals surface area contributed by atoms with Crippen LogP contribution in [0.2, 0.25) is 0 Å². The van der Waals surface area contributed by atoms with Crippen LogP contribution in [0.3, 0.4) is 0 Å². The second kappa shape index (κ2) is 11.6. The van der Waals surface area contributed by atoms with E-state index in [1.165, 1.54) is 66.8 Å². The van der Waals surface area contributed by atoms with E-state index < -0.39 is 0 Å². The fraction of sp³-hybridized carbons (Fsp3) is 0.0426. The summed E-state index contributed by atoms with van der Waals surface area (Å²) in [4.78, 5) is 15.0. The molecule has 2 aliphatic rings. The van der Waals surface area contributed by atoms with Gasteiger partial charge in [-0.05, 0) is 79.6 Å². The normalized spacial score (nSPS) is 12.2. The monoisotopic (exact) mass is 637 g/mol. The summed E-state index contributed by atoms with van der Waals surface area (Å²) in [7, 11) is 0. The Balaban J connectivity index is 1.03. The van der Waals surface area contributed by atoms with Crippen molar-refractivity contribution in [3.05, 3.63) is 186 Å². The zero-order valence-electron chi connectivity index (χ0n) is 27.3. The molecule has 0 N–H and O–H groups in total. The predicted molar refractivity (Wildman–Crippen MR) is 203 cm³/mol. The van der Waals surface area contributed by atoms with Crippen LogP contribution in [0, 0.1) is 0 Å². The summed E-state index contributed by atoms with van der Waals surface area (Å²) in [5.74, 6) is 1.98. The Hall–Kier alpha value is -6.45. The van der Waals surface area contributed by atoms with E-state index in [0.717, 1.165) is 29.5 Å². The molecule has 0 amide bonds. The molecule has 1 aromatic heterocycles. The maximum absolute atomic E-state index is 5.06. The van der Waals surface area contributed by atoms with Gasteiger partial charge in [-0.15, -0.1) is 0 Å². The summed E-state index contributed by atoms with van der Waals surface area (Å²) in [5, 5.41) is 0. The molecule has 0 saturated carbocycles. The van der Waals surface area contributed by atoms with Crippen LogP contribution in [-0.4, -0.2) is 15.0 Å². The van der Waals surface area contributed by atoms with Crippen molar-refractivity contribution < 1.29 is 0 Å². The number of hydrogen-bond donors (Lipinski definition) is 0. The van der Waals surface area contributed by atoms with Crippen molar-refractivity contribution >= 4 is 0 Å². The Morgan fingerprint density at radius 1 is 0.260 bits per heavy atom. The van der Waals surface area contributed by atoms with Gasteiger partial charge in [-0.1, -0.05) is 164 Å². The molecule has 0 radical (unpaired) electrons. The van der Waals surface area contributed by atoms with Gasteiger partial charge in [0.1, 0.15) is 0 Å². The molecule has 10 rings (SSSR count). The van der Waals surface area contributed by atoms with Gasteiger partial charge >= 0.3 is 0 Å². The molecule has 7 aromatic carbocycles. The van der Waals surface area contributed by atoms with E-state index in [2.05, 4.69) is 146 Å². The van der Waals surface area contributed by atoms with E-state index in [1.54, 1.807) is 0 Å². The maximum atomic E-state index is 5.06. The van der Waals surface area contributed by atoms with Gasteiger partial charge in [0, 0.05) is 16.7 Å². The largest absolute Gasteiger partial charge is 0.208 e. The van der Waals surface area contributed by atoms with Gasteiger partial charge in [-0.2, -0.15) is 0 Å². The average Bonchev–Trinajstić information content (AvgIpc) is 3.77. The molecule has 0 atom stereocenters. The Kier molecular flexibility index (Phi) is 6.63. The lowest BCUT2D eigenvalue weighted by Gasteiger charge is -2.12. The lowest BCUT2D eigenvalue weighted by Crippen LogP contribution is -2.00. The summed E-state index contributed by atoms with van der Waals surface area (Å²) in [5.41, 5.74) is 18.7. The Morgan fingerprint density at radius 3 is 1.06 bits per heavy atom. The maximum Gasteiger partial charge on any atom is 0.164 e. The van der Waals surface area contributed by atoms with Crippen LogP contribution in [0.15, 0.2) is 164 Å². The fourth-order valence-electron chi connectivity index (χ4n) is 7.81. The van der Waals surface area contributed by atoms with Crippen molar-refractivity contribution in [3.63, 3.8) is 0 Å². The third-order valence-electron chi connectivity index (χ3n) is 10.2. The molecule has 50 heavy (non-hydrogen) atoms. The van der Waals surface area contributed by atoms with Gasteiger partial charge in [0.05, 0.1) is 0 Å². The van der Waals surface area contributed by atoms with Gasteiger partial charge in [0.15, 0.2) is 17.5 Å². The summed E-state index contributed by atoms with van der Waals surface area (Å²) in [6.45, 7) is 0. The topological polar surface area (TPSA) is 38.7 Å². The van der Waals surface area contributed by atoms with Crippen LogP contribution in [-0.2, 0) is 12.8 Å². The highest BCUT2D eigenvalue weighted by molar-refractivity contribution is 5.92. The number of rotatable bonds is 5. The molecule has 3 nitrogen and oxygen atoms in total. The molecular formula is C47H31N3. The zero-order valence-corrected chi connectivity index (χ0v) is 27.3. The first kappa shape index (κ1) is 28.6. The van der Waals surface area contributed by atoms with E-state index >= 15 is 0 Å². The molecule has 0 spiro atoms. The molecule has 0 aliphatic heterocycles. The zero-order chi connectivity index (χ0) is 33.0. The number of nitrogens with zero attached hydrogens (tertiary/aromatic N) is 3. The van der Waals surface area contributed by atoms with Crippen molar-refractivity contribution in [3.8, 4) is 78.7 Å². The van der Waals surface area contributed by atoms with E-state index in [0.29, 0.717) is 17.5 Å². The van der Waals surface area contributed by atoms with Gasteiger partial charge in [-0.25, -0.2) is 15.0 Å². The van der Waals surface area contributed by atoms with Gasteiger partial charge in [0.25, 0.3) is 0 Å². The Labute approximate surface area is 291 Å². The van der Waals surface area contributed by atoms with Crippen molar-refractivity contribution in [2.45, 2.75) is 12.8 Å². The minimum Gasteiger partial charge on any atom is -0.208 e. The van der Waals surface area contributed by atoms with Gasteiger partial charge in [0.2, 0.25) is 0 Å². The molecule has 8 aromatic rings. The molecule has 3 heteroatoms. The average molecular weight is 638 g/mol. The van der Waals surface area contributed by atoms with Crippen molar-refractivity contribution in [1.29, 1.82) is 0 Å². The second-order valence-electron chi connectivity index (χ2n) is 13.2. The lowest BCUT2D eigenvalue weighted by molar-refractivity contribution is 1.07. The first-order valence-corrected chi connectivity index (χ1v) is 17.2. The quantitative estimate of drug-likeness (QED) is 0.188. The van der Waals surface area contributed by atoms with E-state index in [4.69, 9.17) is 15.0 Å². The van der Waals surface area contributed by atoms with Crippen LogP contribution >= 0.6 is 0 Å². The lowest BCUT2D eigenvalue weighted by atomic mass is 9.93. The predicted octanol–water partition coefficient (Wildman–Crippen LogP) is 11.3. The SMILES string of the molecule is c1ccc(-c2nc(-c3ccc(-c4cccc5c4-c4ccccc4C5)cc3)nc(-c3ccc(-c4cccc5c4-c4ccccc4C5)cc3)n2)cc1. The van der Waals surface area contributed by atoms with E-state index in [1.807, 2.05) is 18.2 Å². The highest BCUT2D eigenvalue weighted by atomic mass is 15.0. The Bertz CT molecular complexity index is 2410. The summed E-state index contributed by atoms with van der Waals surface area (Å²) >= 11 is 0. The van der Waals surface area contributed by atoms with E-state index in [-0.39, 0.29) is 0 Å². The van der Waals surface area contributed by atoms with Crippen LogP contribution < -0.4 is 0 Å². The fourth-order valence-corrected chi connectivity index (χ4v) is 7.81. The molecule has 0 fully saturated rings. The smallest absolute Gasteiger partial charge is 0.164 e. The van der Waals surface area contributed by atoms with Crippen LogP contribution in [0.25, 0.3) is 78.7 Å². The number of hydrogen-bond acceptors (Lipinski definition) is 3.